The highest BCUT2D eigenvalue weighted by Crippen LogP contribution is 2.14. The molecule has 4 heteroatoms. The zero-order valence-electron chi connectivity index (χ0n) is 10.0. The van der Waals surface area contributed by atoms with Gasteiger partial charge in [0.1, 0.15) is 0 Å². The summed E-state index contributed by atoms with van der Waals surface area (Å²) in [6.45, 7) is 7.79. The lowest BCUT2D eigenvalue weighted by Gasteiger charge is -2.06. The van der Waals surface area contributed by atoms with Gasteiger partial charge in [-0.1, -0.05) is 19.0 Å². The third-order valence-electron chi connectivity index (χ3n) is 2.92. The van der Waals surface area contributed by atoms with Crippen LogP contribution in [-0.4, -0.2) is 24.9 Å². The van der Waals surface area contributed by atoms with Gasteiger partial charge in [-0.2, -0.15) is 0 Å². The normalized spacial score (nSPS) is 20.8. The van der Waals surface area contributed by atoms with E-state index in [1.165, 1.54) is 6.42 Å². The molecule has 0 saturated carbocycles. The molecule has 2 heterocycles. The van der Waals surface area contributed by atoms with E-state index in [9.17, 15) is 0 Å². The minimum atomic E-state index is 0.431. The Hall–Kier alpha value is -0.870. The molecule has 4 nitrogen and oxygen atoms in total. The summed E-state index contributed by atoms with van der Waals surface area (Å²) in [6, 6.07) is 2.03. The number of nitrogens with one attached hydrogen (secondary N) is 1. The highest BCUT2D eigenvalue weighted by Gasteiger charge is 2.15. The van der Waals surface area contributed by atoms with Crippen LogP contribution in [0, 0.1) is 5.92 Å². The molecule has 16 heavy (non-hydrogen) atoms. The molecule has 1 aliphatic heterocycles. The summed E-state index contributed by atoms with van der Waals surface area (Å²) in [5.74, 6) is 2.01. The molecule has 1 saturated heterocycles. The number of rotatable bonds is 5. The summed E-state index contributed by atoms with van der Waals surface area (Å²) in [7, 11) is 0. The Kier molecular flexibility index (Phi) is 3.96. The first kappa shape index (κ1) is 11.6. The van der Waals surface area contributed by atoms with Gasteiger partial charge in [-0.05, 0) is 18.3 Å². The quantitative estimate of drug-likeness (QED) is 0.830. The minimum Gasteiger partial charge on any atom is -0.381 e. The van der Waals surface area contributed by atoms with Crippen molar-refractivity contribution in [1.82, 2.24) is 10.5 Å². The van der Waals surface area contributed by atoms with Crippen molar-refractivity contribution < 1.29 is 9.26 Å². The van der Waals surface area contributed by atoms with Crippen molar-refractivity contribution in [2.24, 2.45) is 5.92 Å². The van der Waals surface area contributed by atoms with Crippen molar-refractivity contribution in [3.63, 3.8) is 0 Å². The van der Waals surface area contributed by atoms with Crippen LogP contribution >= 0.6 is 0 Å². The Balaban J connectivity index is 1.72. The van der Waals surface area contributed by atoms with Crippen LogP contribution in [0.2, 0.25) is 0 Å². The van der Waals surface area contributed by atoms with E-state index in [-0.39, 0.29) is 0 Å². The van der Waals surface area contributed by atoms with Crippen LogP contribution < -0.4 is 5.32 Å². The number of hydrogen-bond acceptors (Lipinski definition) is 4. The van der Waals surface area contributed by atoms with E-state index < -0.39 is 0 Å². The molecule has 0 aliphatic carbocycles. The second-order valence-electron chi connectivity index (χ2n) is 4.73. The van der Waals surface area contributed by atoms with Crippen molar-refractivity contribution in [3.8, 4) is 0 Å². The third-order valence-corrected chi connectivity index (χ3v) is 2.92. The van der Waals surface area contributed by atoms with Crippen LogP contribution in [-0.2, 0) is 11.3 Å². The first-order valence-electron chi connectivity index (χ1n) is 5.99. The second-order valence-corrected chi connectivity index (χ2v) is 4.73. The molecule has 1 aliphatic rings. The highest BCUT2D eigenvalue weighted by molar-refractivity contribution is 5.08. The van der Waals surface area contributed by atoms with Crippen LogP contribution in [0.1, 0.15) is 37.6 Å². The van der Waals surface area contributed by atoms with Gasteiger partial charge in [0.15, 0.2) is 5.76 Å². The van der Waals surface area contributed by atoms with Gasteiger partial charge in [0.25, 0.3) is 0 Å². The van der Waals surface area contributed by atoms with Gasteiger partial charge in [-0.25, -0.2) is 0 Å². The Morgan fingerprint density at radius 1 is 1.56 bits per heavy atom. The van der Waals surface area contributed by atoms with Crippen molar-refractivity contribution in [2.45, 2.75) is 32.7 Å². The molecule has 90 valence electrons. The van der Waals surface area contributed by atoms with E-state index in [2.05, 4.69) is 24.3 Å². The van der Waals surface area contributed by atoms with Crippen molar-refractivity contribution >= 4 is 0 Å². The molecule has 2 rings (SSSR count). The standard InChI is InChI=1S/C12H20N2O2/c1-9(2)12-5-11(16-14-12)7-13-6-10-3-4-15-8-10/h5,9-10,13H,3-4,6-8H2,1-2H3. The summed E-state index contributed by atoms with van der Waals surface area (Å²) < 4.78 is 10.6. The van der Waals surface area contributed by atoms with E-state index in [1.54, 1.807) is 0 Å². The van der Waals surface area contributed by atoms with Gasteiger partial charge in [0.2, 0.25) is 0 Å². The molecule has 0 bridgehead atoms. The van der Waals surface area contributed by atoms with E-state index in [1.807, 2.05) is 6.07 Å². The molecule has 1 N–H and O–H groups in total. The van der Waals surface area contributed by atoms with Crippen LogP contribution in [0.4, 0.5) is 0 Å². The summed E-state index contributed by atoms with van der Waals surface area (Å²) >= 11 is 0. The van der Waals surface area contributed by atoms with Crippen LogP contribution in [0.15, 0.2) is 10.6 Å². The predicted molar refractivity (Wildman–Crippen MR) is 61.2 cm³/mol. The first-order valence-corrected chi connectivity index (χ1v) is 5.99. The van der Waals surface area contributed by atoms with E-state index >= 15 is 0 Å². The molecule has 1 aromatic heterocycles. The molecular formula is C12H20N2O2. The lowest BCUT2D eigenvalue weighted by atomic mass is 10.1. The highest BCUT2D eigenvalue weighted by atomic mass is 16.5. The smallest absolute Gasteiger partial charge is 0.150 e. The molecule has 1 unspecified atom stereocenters. The van der Waals surface area contributed by atoms with E-state index in [4.69, 9.17) is 9.26 Å². The molecule has 1 aromatic rings. The zero-order chi connectivity index (χ0) is 11.4. The molecule has 1 atom stereocenters. The Morgan fingerprint density at radius 2 is 2.44 bits per heavy atom. The lowest BCUT2D eigenvalue weighted by Crippen LogP contribution is -2.22. The fourth-order valence-electron chi connectivity index (χ4n) is 1.83. The zero-order valence-corrected chi connectivity index (χ0v) is 10.0. The SMILES string of the molecule is CC(C)c1cc(CNCC2CCOC2)on1. The summed E-state index contributed by atoms with van der Waals surface area (Å²) in [5.41, 5.74) is 1.03. The molecule has 0 amide bonds. The molecule has 0 radical (unpaired) electrons. The molecule has 0 aromatic carbocycles. The largest absolute Gasteiger partial charge is 0.381 e. The maximum Gasteiger partial charge on any atom is 0.150 e. The Morgan fingerprint density at radius 3 is 3.06 bits per heavy atom. The average molecular weight is 224 g/mol. The van der Waals surface area contributed by atoms with Gasteiger partial charge >= 0.3 is 0 Å². The lowest BCUT2D eigenvalue weighted by molar-refractivity contribution is 0.185. The maximum atomic E-state index is 5.32. The van der Waals surface area contributed by atoms with Gasteiger partial charge in [-0.3, -0.25) is 0 Å². The molecular weight excluding hydrogens is 204 g/mol. The average Bonchev–Trinajstić information content (AvgIpc) is 2.87. The summed E-state index contributed by atoms with van der Waals surface area (Å²) in [4.78, 5) is 0. The second kappa shape index (κ2) is 5.46. The number of hydrogen-bond donors (Lipinski definition) is 1. The monoisotopic (exact) mass is 224 g/mol. The first-order chi connectivity index (χ1) is 7.75. The van der Waals surface area contributed by atoms with Gasteiger partial charge < -0.3 is 14.6 Å². The topological polar surface area (TPSA) is 47.3 Å². The van der Waals surface area contributed by atoms with Crippen LogP contribution in [0.25, 0.3) is 0 Å². The van der Waals surface area contributed by atoms with Crippen LogP contribution in [0.5, 0.6) is 0 Å². The minimum absolute atomic E-state index is 0.431. The molecule has 0 spiro atoms. The Bertz CT molecular complexity index is 317. The summed E-state index contributed by atoms with van der Waals surface area (Å²) in [6.07, 6.45) is 1.17. The van der Waals surface area contributed by atoms with Crippen molar-refractivity contribution in [3.05, 3.63) is 17.5 Å². The summed E-state index contributed by atoms with van der Waals surface area (Å²) in [5, 5.41) is 7.41. The number of nitrogens with zero attached hydrogens (tertiary/aromatic N) is 1. The fraction of sp³-hybridized carbons (Fsp3) is 0.750. The van der Waals surface area contributed by atoms with Gasteiger partial charge in [0.05, 0.1) is 18.8 Å². The van der Waals surface area contributed by atoms with Crippen LogP contribution in [0.3, 0.4) is 0 Å². The molecule has 1 fully saturated rings. The Labute approximate surface area is 96.3 Å². The number of aromatic nitrogens is 1. The van der Waals surface area contributed by atoms with E-state index in [0.29, 0.717) is 11.8 Å². The predicted octanol–water partition coefficient (Wildman–Crippen LogP) is 1.92. The van der Waals surface area contributed by atoms with Crippen molar-refractivity contribution in [2.75, 3.05) is 19.8 Å². The van der Waals surface area contributed by atoms with E-state index in [0.717, 1.165) is 37.8 Å². The van der Waals surface area contributed by atoms with Crippen molar-refractivity contribution in [1.29, 1.82) is 0 Å². The van der Waals surface area contributed by atoms with Gasteiger partial charge in [-0.15, -0.1) is 0 Å². The van der Waals surface area contributed by atoms with Gasteiger partial charge in [0, 0.05) is 19.2 Å². The number of ether oxygens (including phenoxy) is 1. The fourth-order valence-corrected chi connectivity index (χ4v) is 1.83. The maximum absolute atomic E-state index is 5.32. The third kappa shape index (κ3) is 3.06.